The summed E-state index contributed by atoms with van der Waals surface area (Å²) in [6.07, 6.45) is 0.634. The maximum Gasteiger partial charge on any atom is 0.339 e. The highest BCUT2D eigenvalue weighted by Crippen LogP contribution is 2.24. The molecule has 0 heterocycles. The fourth-order valence-electron chi connectivity index (χ4n) is 2.69. The van der Waals surface area contributed by atoms with E-state index in [9.17, 15) is 9.90 Å². The van der Waals surface area contributed by atoms with Crippen molar-refractivity contribution in [2.75, 3.05) is 7.11 Å². The van der Waals surface area contributed by atoms with Crippen molar-refractivity contribution in [2.24, 2.45) is 0 Å². The van der Waals surface area contributed by atoms with E-state index >= 15 is 0 Å². The molecule has 0 saturated carbocycles. The van der Waals surface area contributed by atoms with Crippen LogP contribution in [0.25, 0.3) is 0 Å². The fourth-order valence-corrected chi connectivity index (χ4v) is 2.69. The Bertz CT molecular complexity index is 896. The van der Waals surface area contributed by atoms with Crippen molar-refractivity contribution < 1.29 is 19.4 Å². The van der Waals surface area contributed by atoms with Crippen molar-refractivity contribution in [3.63, 3.8) is 0 Å². The summed E-state index contributed by atoms with van der Waals surface area (Å²) in [5.74, 6) is 0.928. The number of hydrogen-bond donors (Lipinski definition) is 1. The molecule has 0 unspecified atom stereocenters. The number of hydrogen-bond acceptors (Lipinski definition) is 3. The summed E-state index contributed by atoms with van der Waals surface area (Å²) >= 11 is 0. The van der Waals surface area contributed by atoms with Crippen LogP contribution in [-0.4, -0.2) is 18.2 Å². The molecule has 0 aliphatic carbocycles. The molecule has 3 rings (SSSR count). The number of aryl methyl sites for hydroxylation is 1. The van der Waals surface area contributed by atoms with Crippen molar-refractivity contribution in [1.29, 1.82) is 0 Å². The summed E-state index contributed by atoms with van der Waals surface area (Å²) in [6, 6.07) is 20.9. The number of carboxylic acids is 1. The second kappa shape index (κ2) is 7.74. The molecular formula is C22H20O4. The van der Waals surface area contributed by atoms with E-state index in [1.165, 1.54) is 12.7 Å². The molecule has 0 aliphatic heterocycles. The molecule has 0 spiro atoms. The summed E-state index contributed by atoms with van der Waals surface area (Å²) in [4.78, 5) is 11.3. The number of aromatic carboxylic acids is 1. The van der Waals surface area contributed by atoms with Crippen LogP contribution in [-0.2, 0) is 6.42 Å². The van der Waals surface area contributed by atoms with Crippen molar-refractivity contribution in [3.8, 4) is 17.2 Å². The van der Waals surface area contributed by atoms with Gasteiger partial charge in [0, 0.05) is 0 Å². The van der Waals surface area contributed by atoms with Gasteiger partial charge in [-0.1, -0.05) is 35.9 Å². The minimum atomic E-state index is -0.995. The van der Waals surface area contributed by atoms with Gasteiger partial charge in [-0.05, 0) is 60.9 Å². The summed E-state index contributed by atoms with van der Waals surface area (Å²) < 4.78 is 10.9. The lowest BCUT2D eigenvalue weighted by molar-refractivity contribution is 0.0693. The summed E-state index contributed by atoms with van der Waals surface area (Å²) in [7, 11) is 1.47. The van der Waals surface area contributed by atoms with E-state index in [4.69, 9.17) is 9.47 Å². The van der Waals surface area contributed by atoms with Crippen LogP contribution in [0.15, 0.2) is 66.7 Å². The highest BCUT2D eigenvalue weighted by atomic mass is 16.5. The van der Waals surface area contributed by atoms with Crippen LogP contribution in [0, 0.1) is 6.92 Å². The molecule has 3 aromatic rings. The molecule has 1 N–H and O–H groups in total. The first-order chi connectivity index (χ1) is 12.5. The Morgan fingerprint density at radius 1 is 0.885 bits per heavy atom. The lowest BCUT2D eigenvalue weighted by atomic mass is 10.0. The van der Waals surface area contributed by atoms with Crippen molar-refractivity contribution in [1.82, 2.24) is 0 Å². The average Bonchev–Trinajstić information content (AvgIpc) is 2.65. The van der Waals surface area contributed by atoms with Gasteiger partial charge in [-0.25, -0.2) is 4.79 Å². The Labute approximate surface area is 152 Å². The van der Waals surface area contributed by atoms with Gasteiger partial charge in [0.2, 0.25) is 0 Å². The zero-order valence-corrected chi connectivity index (χ0v) is 14.7. The third-order valence-corrected chi connectivity index (χ3v) is 4.08. The van der Waals surface area contributed by atoms with E-state index in [2.05, 4.69) is 0 Å². The number of carbonyl (C=O) groups is 1. The Morgan fingerprint density at radius 3 is 2.04 bits per heavy atom. The molecule has 0 aliphatic rings. The molecule has 4 heteroatoms. The first-order valence-corrected chi connectivity index (χ1v) is 8.29. The van der Waals surface area contributed by atoms with Gasteiger partial charge >= 0.3 is 5.97 Å². The summed E-state index contributed by atoms with van der Waals surface area (Å²) in [5, 5.41) is 9.28. The minimum absolute atomic E-state index is 0.171. The van der Waals surface area contributed by atoms with Gasteiger partial charge in [0.25, 0.3) is 0 Å². The lowest BCUT2D eigenvalue weighted by Crippen LogP contribution is -2.02. The Balaban J connectivity index is 1.72. The van der Waals surface area contributed by atoms with Gasteiger partial charge in [-0.3, -0.25) is 0 Å². The molecule has 0 fully saturated rings. The molecule has 4 nitrogen and oxygen atoms in total. The third-order valence-electron chi connectivity index (χ3n) is 4.08. The first-order valence-electron chi connectivity index (χ1n) is 8.29. The van der Waals surface area contributed by atoms with E-state index < -0.39 is 5.97 Å². The fraction of sp³-hybridized carbons (Fsp3) is 0.136. The zero-order valence-electron chi connectivity index (χ0n) is 14.7. The topological polar surface area (TPSA) is 55.8 Å². The molecule has 0 atom stereocenters. The van der Waals surface area contributed by atoms with Crippen LogP contribution in [0.4, 0.5) is 0 Å². The Kier molecular flexibility index (Phi) is 5.23. The number of rotatable bonds is 6. The highest BCUT2D eigenvalue weighted by molar-refractivity contribution is 5.91. The van der Waals surface area contributed by atoms with Crippen molar-refractivity contribution in [2.45, 2.75) is 13.3 Å². The second-order valence-corrected chi connectivity index (χ2v) is 6.08. The van der Waals surface area contributed by atoms with Gasteiger partial charge in [-0.2, -0.15) is 0 Å². The number of benzene rings is 3. The van der Waals surface area contributed by atoms with E-state index in [-0.39, 0.29) is 5.56 Å². The first kappa shape index (κ1) is 17.5. The Morgan fingerprint density at radius 2 is 1.46 bits per heavy atom. The van der Waals surface area contributed by atoms with Crippen LogP contribution < -0.4 is 9.47 Å². The molecule has 0 bridgehead atoms. The van der Waals surface area contributed by atoms with Crippen LogP contribution in [0.5, 0.6) is 17.2 Å². The zero-order chi connectivity index (χ0) is 18.5. The van der Waals surface area contributed by atoms with Gasteiger partial charge in [-0.15, -0.1) is 0 Å². The predicted molar refractivity (Wildman–Crippen MR) is 100 cm³/mol. The normalized spacial score (nSPS) is 10.4. The maximum atomic E-state index is 11.3. The van der Waals surface area contributed by atoms with Crippen LogP contribution in [0.3, 0.4) is 0 Å². The van der Waals surface area contributed by atoms with E-state index in [0.29, 0.717) is 12.2 Å². The molecule has 3 aromatic carbocycles. The van der Waals surface area contributed by atoms with E-state index in [0.717, 1.165) is 22.6 Å². The van der Waals surface area contributed by atoms with Crippen LogP contribution >= 0.6 is 0 Å². The van der Waals surface area contributed by atoms with Gasteiger partial charge in [0.15, 0.2) is 0 Å². The average molecular weight is 348 g/mol. The van der Waals surface area contributed by atoms with Gasteiger partial charge in [0.1, 0.15) is 22.8 Å². The van der Waals surface area contributed by atoms with E-state index in [1.807, 2.05) is 61.5 Å². The SMILES string of the molecule is COc1ccc(Cc2ccc(Oc3ccc(C)cc3)cc2)cc1C(=O)O. The number of carboxylic acid groups (broad SMARTS) is 1. The third kappa shape index (κ3) is 4.22. The minimum Gasteiger partial charge on any atom is -0.496 e. The molecule has 0 radical (unpaired) electrons. The Hall–Kier alpha value is -3.27. The second-order valence-electron chi connectivity index (χ2n) is 6.08. The predicted octanol–water partition coefficient (Wildman–Crippen LogP) is 5.08. The number of methoxy groups -OCH3 is 1. The largest absolute Gasteiger partial charge is 0.496 e. The molecule has 0 aromatic heterocycles. The molecular weight excluding hydrogens is 328 g/mol. The highest BCUT2D eigenvalue weighted by Gasteiger charge is 2.11. The van der Waals surface area contributed by atoms with Crippen LogP contribution in [0.2, 0.25) is 0 Å². The molecule has 0 saturated heterocycles. The lowest BCUT2D eigenvalue weighted by Gasteiger charge is -2.09. The standard InChI is InChI=1S/C22H20O4/c1-15-3-8-18(9-4-15)26-19-10-5-16(6-11-19)13-17-7-12-21(25-2)20(14-17)22(23)24/h3-12,14H,13H2,1-2H3,(H,23,24). The number of ether oxygens (including phenoxy) is 2. The van der Waals surface area contributed by atoms with Crippen LogP contribution in [0.1, 0.15) is 27.0 Å². The molecule has 0 amide bonds. The summed E-state index contributed by atoms with van der Waals surface area (Å²) in [5.41, 5.74) is 3.34. The van der Waals surface area contributed by atoms with Crippen molar-refractivity contribution >= 4 is 5.97 Å². The summed E-state index contributed by atoms with van der Waals surface area (Å²) in [6.45, 7) is 2.04. The van der Waals surface area contributed by atoms with Gasteiger partial charge in [0.05, 0.1) is 7.11 Å². The molecule has 132 valence electrons. The quantitative estimate of drug-likeness (QED) is 0.674. The van der Waals surface area contributed by atoms with Crippen molar-refractivity contribution in [3.05, 3.63) is 89.0 Å². The molecule has 26 heavy (non-hydrogen) atoms. The van der Waals surface area contributed by atoms with E-state index in [1.54, 1.807) is 12.1 Å². The monoisotopic (exact) mass is 348 g/mol. The maximum absolute atomic E-state index is 11.3. The smallest absolute Gasteiger partial charge is 0.339 e. The van der Waals surface area contributed by atoms with Gasteiger partial charge < -0.3 is 14.6 Å².